The fourth-order valence-corrected chi connectivity index (χ4v) is 2.85. The van der Waals surface area contributed by atoms with Crippen LogP contribution in [0.4, 0.5) is 13.2 Å². The fourth-order valence-electron chi connectivity index (χ4n) is 2.38. The summed E-state index contributed by atoms with van der Waals surface area (Å²) in [4.78, 5) is 8.53. The third-order valence-corrected chi connectivity index (χ3v) is 4.25. The SMILES string of the molecule is O=S([O-])Cc1ccc(-c2cncc(-c3ccc(C(F)(F)F)cc3)n2)cc1. The Kier molecular flexibility index (Phi) is 5.15. The molecule has 0 saturated heterocycles. The van der Waals surface area contributed by atoms with E-state index in [-0.39, 0.29) is 5.75 Å². The molecule has 134 valence electrons. The topological polar surface area (TPSA) is 65.9 Å². The first kappa shape index (κ1) is 18.2. The van der Waals surface area contributed by atoms with Crippen LogP contribution in [0, 0.1) is 0 Å². The first-order valence-electron chi connectivity index (χ1n) is 7.48. The van der Waals surface area contributed by atoms with Gasteiger partial charge in [0.15, 0.2) is 0 Å². The van der Waals surface area contributed by atoms with Crippen LogP contribution in [0.1, 0.15) is 11.1 Å². The lowest BCUT2D eigenvalue weighted by atomic mass is 10.1. The highest BCUT2D eigenvalue weighted by molar-refractivity contribution is 7.78. The molecule has 26 heavy (non-hydrogen) atoms. The number of hydrogen-bond donors (Lipinski definition) is 0. The number of aromatic nitrogens is 2. The molecule has 0 amide bonds. The van der Waals surface area contributed by atoms with Gasteiger partial charge in [-0.15, -0.1) is 0 Å². The average Bonchev–Trinajstić information content (AvgIpc) is 2.61. The third kappa shape index (κ3) is 4.33. The first-order chi connectivity index (χ1) is 12.3. The molecule has 0 aliphatic carbocycles. The van der Waals surface area contributed by atoms with Crippen molar-refractivity contribution < 1.29 is 21.9 Å². The lowest BCUT2D eigenvalue weighted by Gasteiger charge is -2.09. The van der Waals surface area contributed by atoms with Gasteiger partial charge in [-0.25, -0.2) is 4.98 Å². The van der Waals surface area contributed by atoms with Crippen molar-refractivity contribution in [2.45, 2.75) is 11.9 Å². The molecule has 0 spiro atoms. The van der Waals surface area contributed by atoms with Gasteiger partial charge in [0.05, 0.1) is 29.3 Å². The molecule has 0 fully saturated rings. The maximum atomic E-state index is 12.7. The minimum absolute atomic E-state index is 0.0719. The van der Waals surface area contributed by atoms with Gasteiger partial charge >= 0.3 is 6.18 Å². The van der Waals surface area contributed by atoms with Crippen molar-refractivity contribution in [3.8, 4) is 22.5 Å². The Morgan fingerprint density at radius 1 is 0.885 bits per heavy atom. The van der Waals surface area contributed by atoms with Gasteiger partial charge in [0.1, 0.15) is 0 Å². The largest absolute Gasteiger partial charge is 0.772 e. The zero-order chi connectivity index (χ0) is 18.7. The Morgan fingerprint density at radius 2 is 1.38 bits per heavy atom. The Labute approximate surface area is 150 Å². The van der Waals surface area contributed by atoms with E-state index >= 15 is 0 Å². The third-order valence-electron chi connectivity index (χ3n) is 3.68. The van der Waals surface area contributed by atoms with E-state index in [9.17, 15) is 21.9 Å². The highest BCUT2D eigenvalue weighted by atomic mass is 32.2. The predicted molar refractivity (Wildman–Crippen MR) is 90.5 cm³/mol. The summed E-state index contributed by atoms with van der Waals surface area (Å²) in [5.41, 5.74) is 2.15. The van der Waals surface area contributed by atoms with Gasteiger partial charge in [-0.1, -0.05) is 47.5 Å². The average molecular weight is 377 g/mol. The zero-order valence-corrected chi connectivity index (χ0v) is 14.1. The fraction of sp³-hybridized carbons (Fsp3) is 0.111. The van der Waals surface area contributed by atoms with Crippen molar-refractivity contribution in [1.82, 2.24) is 9.97 Å². The van der Waals surface area contributed by atoms with Gasteiger partial charge in [0.25, 0.3) is 0 Å². The minimum Gasteiger partial charge on any atom is -0.772 e. The van der Waals surface area contributed by atoms with Crippen LogP contribution in [-0.4, -0.2) is 18.7 Å². The molecular weight excluding hydrogens is 365 g/mol. The molecule has 0 bridgehead atoms. The normalized spacial score (nSPS) is 12.8. The van der Waals surface area contributed by atoms with Crippen LogP contribution in [0.5, 0.6) is 0 Å². The molecule has 8 heteroatoms. The molecule has 1 heterocycles. The lowest BCUT2D eigenvalue weighted by molar-refractivity contribution is -0.137. The number of benzene rings is 2. The number of rotatable bonds is 4. The van der Waals surface area contributed by atoms with Crippen LogP contribution in [0.25, 0.3) is 22.5 Å². The van der Waals surface area contributed by atoms with E-state index in [1.807, 2.05) is 0 Å². The maximum Gasteiger partial charge on any atom is 0.416 e. The van der Waals surface area contributed by atoms with Gasteiger partial charge in [0.2, 0.25) is 0 Å². The van der Waals surface area contributed by atoms with E-state index in [0.29, 0.717) is 22.5 Å². The monoisotopic (exact) mass is 377 g/mol. The Hall–Kier alpha value is -2.58. The van der Waals surface area contributed by atoms with Crippen LogP contribution in [0.2, 0.25) is 0 Å². The maximum absolute atomic E-state index is 12.7. The summed E-state index contributed by atoms with van der Waals surface area (Å²) in [5.74, 6) is -0.0719. The lowest BCUT2D eigenvalue weighted by Crippen LogP contribution is -2.04. The predicted octanol–water partition coefficient (Wildman–Crippen LogP) is 4.21. The summed E-state index contributed by atoms with van der Waals surface area (Å²) in [5, 5.41) is 0. The summed E-state index contributed by atoms with van der Waals surface area (Å²) in [7, 11) is 0. The molecule has 1 aromatic heterocycles. The zero-order valence-electron chi connectivity index (χ0n) is 13.2. The van der Waals surface area contributed by atoms with Crippen molar-refractivity contribution in [2.24, 2.45) is 0 Å². The smallest absolute Gasteiger partial charge is 0.416 e. The first-order valence-corrected chi connectivity index (χ1v) is 8.72. The number of hydrogen-bond acceptors (Lipinski definition) is 4. The van der Waals surface area contributed by atoms with Gasteiger partial charge in [-0.2, -0.15) is 13.2 Å². The van der Waals surface area contributed by atoms with Crippen molar-refractivity contribution in [3.63, 3.8) is 0 Å². The van der Waals surface area contributed by atoms with E-state index < -0.39 is 22.8 Å². The summed E-state index contributed by atoms with van der Waals surface area (Å²) in [6.45, 7) is 0. The van der Waals surface area contributed by atoms with Crippen molar-refractivity contribution in [1.29, 1.82) is 0 Å². The summed E-state index contributed by atoms with van der Waals surface area (Å²) < 4.78 is 59.4. The minimum atomic E-state index is -4.39. The van der Waals surface area contributed by atoms with E-state index in [2.05, 4.69) is 9.97 Å². The molecular formula is C18H12F3N2O2S-. The van der Waals surface area contributed by atoms with E-state index in [4.69, 9.17) is 0 Å². The number of halogens is 3. The van der Waals surface area contributed by atoms with Crippen LogP contribution < -0.4 is 0 Å². The molecule has 3 rings (SSSR count). The second-order valence-corrected chi connectivity index (χ2v) is 6.41. The van der Waals surface area contributed by atoms with Crippen LogP contribution in [0.3, 0.4) is 0 Å². The van der Waals surface area contributed by atoms with Crippen molar-refractivity contribution in [2.75, 3.05) is 0 Å². The number of nitrogens with zero attached hydrogens (tertiary/aromatic N) is 2. The van der Waals surface area contributed by atoms with E-state index in [1.165, 1.54) is 24.5 Å². The molecule has 3 aromatic rings. The second kappa shape index (κ2) is 7.35. The van der Waals surface area contributed by atoms with Crippen LogP contribution >= 0.6 is 0 Å². The highest BCUT2D eigenvalue weighted by Crippen LogP contribution is 2.31. The van der Waals surface area contributed by atoms with Gasteiger partial charge in [-0.05, 0) is 17.7 Å². The number of alkyl halides is 3. The Balaban J connectivity index is 1.87. The Morgan fingerprint density at radius 3 is 1.85 bits per heavy atom. The molecule has 4 nitrogen and oxygen atoms in total. The molecule has 0 saturated carbocycles. The van der Waals surface area contributed by atoms with E-state index in [0.717, 1.165) is 17.7 Å². The highest BCUT2D eigenvalue weighted by Gasteiger charge is 2.30. The second-order valence-electron chi connectivity index (χ2n) is 5.51. The van der Waals surface area contributed by atoms with Crippen LogP contribution in [-0.2, 0) is 23.0 Å². The molecule has 0 aliphatic heterocycles. The quantitative estimate of drug-likeness (QED) is 0.639. The molecule has 0 N–H and O–H groups in total. The molecule has 1 atom stereocenters. The van der Waals surface area contributed by atoms with Crippen LogP contribution in [0.15, 0.2) is 60.9 Å². The molecule has 2 aromatic carbocycles. The van der Waals surface area contributed by atoms with Crippen molar-refractivity contribution >= 4 is 11.1 Å². The Bertz CT molecular complexity index is 926. The summed E-state index contributed by atoms with van der Waals surface area (Å²) >= 11 is -2.16. The standard InChI is InChI=1S/C18H13F3N2O2S/c19-18(20,21)15-7-5-14(6-8-15)17-10-22-9-16(23-17)13-3-1-12(2-4-13)11-26(24)25/h1-10H,11H2,(H,24,25)/p-1. The summed E-state index contributed by atoms with van der Waals surface area (Å²) in [6.07, 6.45) is -1.38. The molecule has 0 radical (unpaired) electrons. The van der Waals surface area contributed by atoms with Crippen molar-refractivity contribution in [3.05, 3.63) is 72.1 Å². The van der Waals surface area contributed by atoms with Gasteiger partial charge in [-0.3, -0.25) is 9.19 Å². The summed E-state index contributed by atoms with van der Waals surface area (Å²) in [6, 6.07) is 11.5. The molecule has 1 unspecified atom stereocenters. The van der Waals surface area contributed by atoms with Gasteiger partial charge in [0, 0.05) is 16.9 Å². The van der Waals surface area contributed by atoms with E-state index in [1.54, 1.807) is 24.3 Å². The van der Waals surface area contributed by atoms with Gasteiger partial charge < -0.3 is 4.55 Å². The molecule has 0 aliphatic rings.